The minimum absolute atomic E-state index is 0.644. The third-order valence-corrected chi connectivity index (χ3v) is 7.07. The Morgan fingerprint density at radius 2 is 0.742 bits per heavy atom. The molecule has 0 N–H and O–H groups in total. The van der Waals surface area contributed by atoms with Gasteiger partial charge in [0.25, 0.3) is 0 Å². The molecular weight excluding hydrogens is 376 g/mol. The Morgan fingerprint density at radius 3 is 1.13 bits per heavy atom. The predicted octanol–water partition coefficient (Wildman–Crippen LogP) is 9.65. The van der Waals surface area contributed by atoms with Gasteiger partial charge in [-0.1, -0.05) is 130 Å². The fourth-order valence-electron chi connectivity index (χ4n) is 4.95. The van der Waals surface area contributed by atoms with Gasteiger partial charge in [-0.2, -0.15) is 0 Å². The number of nitrogens with zero attached hydrogens (tertiary/aromatic N) is 2. The Labute approximate surface area is 197 Å². The van der Waals surface area contributed by atoms with Crippen molar-refractivity contribution in [1.82, 2.24) is 9.80 Å². The molecule has 0 amide bonds. The van der Waals surface area contributed by atoms with E-state index in [1.165, 1.54) is 148 Å². The van der Waals surface area contributed by atoms with Gasteiger partial charge in [-0.25, -0.2) is 0 Å². The summed E-state index contributed by atoms with van der Waals surface area (Å²) in [6.07, 6.45) is 35.1. The van der Waals surface area contributed by atoms with Gasteiger partial charge in [0.2, 0.25) is 0 Å². The van der Waals surface area contributed by atoms with Gasteiger partial charge in [0.05, 0.1) is 0 Å². The van der Waals surface area contributed by atoms with Gasteiger partial charge in [-0.3, -0.25) is 0 Å². The topological polar surface area (TPSA) is 6.48 Å². The molecule has 1 unspecified atom stereocenters. The van der Waals surface area contributed by atoms with E-state index >= 15 is 0 Å². The van der Waals surface area contributed by atoms with Gasteiger partial charge < -0.3 is 9.80 Å². The summed E-state index contributed by atoms with van der Waals surface area (Å²) in [4.78, 5) is 5.32. The summed E-state index contributed by atoms with van der Waals surface area (Å²) in [5.74, 6) is 0. The molecule has 1 heterocycles. The Kier molecular flexibility index (Phi) is 19.4. The van der Waals surface area contributed by atoms with Crippen LogP contribution in [0.4, 0.5) is 0 Å². The fourth-order valence-corrected chi connectivity index (χ4v) is 4.95. The first-order valence-corrected chi connectivity index (χ1v) is 14.5. The van der Waals surface area contributed by atoms with E-state index in [-0.39, 0.29) is 0 Å². The van der Waals surface area contributed by atoms with Crippen molar-refractivity contribution in [3.05, 3.63) is 12.4 Å². The molecule has 2 heteroatoms. The van der Waals surface area contributed by atoms with Crippen molar-refractivity contribution < 1.29 is 0 Å². The average Bonchev–Trinajstić information content (AvgIpc) is 3.16. The summed E-state index contributed by atoms with van der Waals surface area (Å²) in [6, 6.07) is 0. The van der Waals surface area contributed by atoms with Crippen molar-refractivity contribution in [2.24, 2.45) is 0 Å². The zero-order valence-corrected chi connectivity index (χ0v) is 21.9. The normalized spacial score (nSPS) is 16.0. The molecule has 0 aliphatic carbocycles. The molecule has 0 saturated heterocycles. The lowest BCUT2D eigenvalue weighted by molar-refractivity contribution is 0.135. The van der Waals surface area contributed by atoms with Crippen molar-refractivity contribution in [3.63, 3.8) is 0 Å². The van der Waals surface area contributed by atoms with Crippen LogP contribution in [0.25, 0.3) is 0 Å². The minimum Gasteiger partial charge on any atom is -0.356 e. The molecule has 0 aromatic rings. The van der Waals surface area contributed by atoms with Crippen molar-refractivity contribution in [2.75, 3.05) is 13.1 Å². The maximum atomic E-state index is 2.66. The molecule has 0 fully saturated rings. The Hall–Kier alpha value is -0.660. The van der Waals surface area contributed by atoms with E-state index in [4.69, 9.17) is 0 Å². The number of unbranched alkanes of at least 4 members (excludes halogenated alkanes) is 17. The zero-order valence-electron chi connectivity index (χ0n) is 21.9. The van der Waals surface area contributed by atoms with Gasteiger partial charge in [0, 0.05) is 25.5 Å². The highest BCUT2D eigenvalue weighted by atomic mass is 15.4. The molecule has 1 rings (SSSR count). The van der Waals surface area contributed by atoms with Crippen LogP contribution >= 0.6 is 0 Å². The molecule has 1 atom stereocenters. The molecule has 0 spiro atoms. The van der Waals surface area contributed by atoms with E-state index < -0.39 is 0 Å². The van der Waals surface area contributed by atoms with Crippen LogP contribution in [0.3, 0.4) is 0 Å². The summed E-state index contributed by atoms with van der Waals surface area (Å²) >= 11 is 0. The molecule has 1 aliphatic rings. The first-order valence-electron chi connectivity index (χ1n) is 14.5. The second kappa shape index (κ2) is 21.2. The average molecular weight is 435 g/mol. The summed E-state index contributed by atoms with van der Waals surface area (Å²) < 4.78 is 0. The van der Waals surface area contributed by atoms with Crippen LogP contribution in [-0.4, -0.2) is 29.1 Å². The maximum absolute atomic E-state index is 2.66. The SMILES string of the molecule is CCCCCCCCCCCCCCN1C=CN(CCCCCCC)C1CCCCC. The zero-order chi connectivity index (χ0) is 22.4. The van der Waals surface area contributed by atoms with Crippen LogP contribution in [0.5, 0.6) is 0 Å². The van der Waals surface area contributed by atoms with Crippen LogP contribution in [-0.2, 0) is 0 Å². The second-order valence-corrected chi connectivity index (χ2v) is 10.1. The van der Waals surface area contributed by atoms with E-state index in [9.17, 15) is 0 Å². The van der Waals surface area contributed by atoms with Crippen molar-refractivity contribution in [2.45, 2.75) is 162 Å². The van der Waals surface area contributed by atoms with E-state index in [0.717, 1.165) is 0 Å². The van der Waals surface area contributed by atoms with Crippen LogP contribution in [0.15, 0.2) is 12.4 Å². The van der Waals surface area contributed by atoms with Gasteiger partial charge >= 0.3 is 0 Å². The largest absolute Gasteiger partial charge is 0.356 e. The molecule has 0 bridgehead atoms. The maximum Gasteiger partial charge on any atom is 0.101 e. The Morgan fingerprint density at radius 1 is 0.419 bits per heavy atom. The minimum atomic E-state index is 0.644. The van der Waals surface area contributed by atoms with Crippen LogP contribution in [0, 0.1) is 0 Å². The third kappa shape index (κ3) is 14.9. The molecule has 0 aromatic heterocycles. The predicted molar refractivity (Wildman–Crippen MR) is 140 cm³/mol. The smallest absolute Gasteiger partial charge is 0.101 e. The number of rotatable bonds is 23. The third-order valence-electron chi connectivity index (χ3n) is 7.07. The van der Waals surface area contributed by atoms with Gasteiger partial charge in [-0.15, -0.1) is 0 Å². The van der Waals surface area contributed by atoms with E-state index in [1.54, 1.807) is 0 Å². The molecule has 31 heavy (non-hydrogen) atoms. The lowest BCUT2D eigenvalue weighted by atomic mass is 10.1. The van der Waals surface area contributed by atoms with E-state index in [0.29, 0.717) is 6.17 Å². The molecule has 184 valence electrons. The van der Waals surface area contributed by atoms with E-state index in [2.05, 4.69) is 43.0 Å². The molecule has 0 saturated carbocycles. The highest BCUT2D eigenvalue weighted by Gasteiger charge is 2.24. The second-order valence-electron chi connectivity index (χ2n) is 10.1. The molecule has 1 aliphatic heterocycles. The highest BCUT2D eigenvalue weighted by Crippen LogP contribution is 2.23. The van der Waals surface area contributed by atoms with Crippen LogP contribution in [0.2, 0.25) is 0 Å². The number of hydrogen-bond acceptors (Lipinski definition) is 2. The summed E-state index contributed by atoms with van der Waals surface area (Å²) in [6.45, 7) is 9.45. The fraction of sp³-hybridized carbons (Fsp3) is 0.931. The van der Waals surface area contributed by atoms with Crippen LogP contribution < -0.4 is 0 Å². The standard InChI is InChI=1S/C29H58N2/c1-4-7-10-12-13-14-15-16-17-18-20-23-26-31-28-27-30(25-22-19-11-8-5-2)29(31)24-21-9-6-3/h27-29H,4-26H2,1-3H3. The summed E-state index contributed by atoms with van der Waals surface area (Å²) in [5.41, 5.74) is 0. The lowest BCUT2D eigenvalue weighted by Crippen LogP contribution is -2.39. The Bertz CT molecular complexity index is 392. The quantitative estimate of drug-likeness (QED) is 0.148. The monoisotopic (exact) mass is 434 g/mol. The van der Waals surface area contributed by atoms with Crippen molar-refractivity contribution >= 4 is 0 Å². The molecule has 0 radical (unpaired) electrons. The van der Waals surface area contributed by atoms with Crippen molar-refractivity contribution in [3.8, 4) is 0 Å². The van der Waals surface area contributed by atoms with Crippen molar-refractivity contribution in [1.29, 1.82) is 0 Å². The number of hydrogen-bond donors (Lipinski definition) is 0. The van der Waals surface area contributed by atoms with Gasteiger partial charge in [0.1, 0.15) is 6.17 Å². The summed E-state index contributed by atoms with van der Waals surface area (Å²) in [7, 11) is 0. The first kappa shape index (κ1) is 28.4. The van der Waals surface area contributed by atoms with Gasteiger partial charge in [-0.05, 0) is 25.7 Å². The van der Waals surface area contributed by atoms with Crippen LogP contribution in [0.1, 0.15) is 156 Å². The molecular formula is C29H58N2. The highest BCUT2D eigenvalue weighted by molar-refractivity contribution is 4.96. The van der Waals surface area contributed by atoms with Gasteiger partial charge in [0.15, 0.2) is 0 Å². The first-order chi connectivity index (χ1) is 15.3. The van der Waals surface area contributed by atoms with E-state index in [1.807, 2.05) is 0 Å². The summed E-state index contributed by atoms with van der Waals surface area (Å²) in [5, 5.41) is 0. The molecule has 0 aromatic carbocycles. The molecule has 2 nitrogen and oxygen atoms in total. The Balaban J connectivity index is 2.12. The lowest BCUT2D eigenvalue weighted by Gasteiger charge is -2.33.